The second kappa shape index (κ2) is 9.10. The zero-order valence-corrected chi connectivity index (χ0v) is 20.3. The van der Waals surface area contributed by atoms with Crippen molar-refractivity contribution < 1.29 is 19.4 Å². The summed E-state index contributed by atoms with van der Waals surface area (Å²) >= 11 is 0. The molecule has 6 nitrogen and oxygen atoms in total. The molecule has 1 saturated carbocycles. The first kappa shape index (κ1) is 23.5. The van der Waals surface area contributed by atoms with E-state index in [0.717, 1.165) is 29.3 Å². The van der Waals surface area contributed by atoms with Crippen molar-refractivity contribution in [1.82, 2.24) is 10.2 Å². The van der Waals surface area contributed by atoms with Crippen LogP contribution in [-0.4, -0.2) is 53.7 Å². The van der Waals surface area contributed by atoms with E-state index in [1.165, 1.54) is 6.92 Å². The van der Waals surface area contributed by atoms with Gasteiger partial charge in [-0.2, -0.15) is 0 Å². The lowest BCUT2D eigenvalue weighted by atomic mass is 9.55. The average molecular weight is 473 g/mol. The normalized spacial score (nSPS) is 26.7. The molecule has 0 aromatic heterocycles. The molecular weight excluding hydrogens is 440 g/mol. The fourth-order valence-electron chi connectivity index (χ4n) is 6.11. The number of ether oxygens (including phenoxy) is 1. The molecule has 1 amide bonds. The first-order chi connectivity index (χ1) is 16.8. The molecule has 1 aliphatic heterocycles. The van der Waals surface area contributed by atoms with Crippen LogP contribution in [0.4, 0.5) is 0 Å². The quantitative estimate of drug-likeness (QED) is 0.442. The van der Waals surface area contributed by atoms with Crippen molar-refractivity contribution in [2.75, 3.05) is 20.1 Å². The minimum atomic E-state index is -0.932. The number of hydrogen-bond donors (Lipinski definition) is 2. The molecule has 1 aliphatic carbocycles. The molecule has 182 valence electrons. The minimum Gasteiger partial charge on any atom is -0.427 e. The highest BCUT2D eigenvalue weighted by Crippen LogP contribution is 2.52. The van der Waals surface area contributed by atoms with Gasteiger partial charge in [-0.1, -0.05) is 42.5 Å². The molecule has 6 heteroatoms. The number of piperidine rings is 1. The Morgan fingerprint density at radius 3 is 2.63 bits per heavy atom. The number of aliphatic hydroxyl groups is 1. The van der Waals surface area contributed by atoms with Crippen molar-refractivity contribution >= 4 is 22.6 Å². The van der Waals surface area contributed by atoms with Crippen molar-refractivity contribution in [3.8, 4) is 5.75 Å². The molecular formula is C29H32N2O4. The van der Waals surface area contributed by atoms with Crippen LogP contribution in [0.2, 0.25) is 0 Å². The van der Waals surface area contributed by atoms with E-state index < -0.39 is 11.0 Å². The minimum absolute atomic E-state index is 0.0740. The number of hydrogen-bond acceptors (Lipinski definition) is 5. The van der Waals surface area contributed by atoms with Gasteiger partial charge in [0.1, 0.15) is 5.75 Å². The van der Waals surface area contributed by atoms with Crippen molar-refractivity contribution in [2.24, 2.45) is 0 Å². The highest BCUT2D eigenvalue weighted by Gasteiger charge is 2.57. The maximum absolute atomic E-state index is 13.2. The van der Waals surface area contributed by atoms with Gasteiger partial charge in [-0.3, -0.25) is 9.59 Å². The average Bonchev–Trinajstić information content (AvgIpc) is 2.83. The van der Waals surface area contributed by atoms with Crippen LogP contribution in [0.25, 0.3) is 10.8 Å². The van der Waals surface area contributed by atoms with Gasteiger partial charge in [0.2, 0.25) is 0 Å². The lowest BCUT2D eigenvalue weighted by Gasteiger charge is -2.57. The first-order valence-corrected chi connectivity index (χ1v) is 12.3. The Labute approximate surface area is 205 Å². The highest BCUT2D eigenvalue weighted by molar-refractivity contribution is 5.98. The third-order valence-electron chi connectivity index (χ3n) is 7.84. The fourth-order valence-corrected chi connectivity index (χ4v) is 6.11. The Kier molecular flexibility index (Phi) is 6.11. The number of amides is 1. The summed E-state index contributed by atoms with van der Waals surface area (Å²) in [5, 5.41) is 17.4. The molecule has 0 bridgehead atoms. The number of benzene rings is 3. The molecule has 0 spiro atoms. The predicted molar refractivity (Wildman–Crippen MR) is 136 cm³/mol. The van der Waals surface area contributed by atoms with Gasteiger partial charge in [0.25, 0.3) is 5.91 Å². The number of esters is 1. The van der Waals surface area contributed by atoms with Gasteiger partial charge >= 0.3 is 5.97 Å². The fraction of sp³-hybridized carbons (Fsp3) is 0.379. The zero-order valence-electron chi connectivity index (χ0n) is 20.3. The molecule has 5 rings (SSSR count). The van der Waals surface area contributed by atoms with E-state index in [2.05, 4.69) is 10.2 Å². The van der Waals surface area contributed by atoms with Crippen LogP contribution in [0.1, 0.15) is 48.5 Å². The molecule has 2 aliphatic rings. The third kappa shape index (κ3) is 4.44. The summed E-state index contributed by atoms with van der Waals surface area (Å²) in [6, 6.07) is 21.2. The summed E-state index contributed by atoms with van der Waals surface area (Å²) in [6.45, 7) is 2.79. The zero-order chi connectivity index (χ0) is 24.6. The number of fused-ring (bicyclic) bond motifs is 2. The molecule has 1 heterocycles. The van der Waals surface area contributed by atoms with Crippen LogP contribution in [0.3, 0.4) is 0 Å². The number of carbonyl (C=O) groups excluding carboxylic acids is 2. The lowest BCUT2D eigenvalue weighted by molar-refractivity contribution is -0.131. The standard InChI is InChI=1S/C29H32N2O4/c1-20(32)35-26-9-5-8-24(17-26)28-14-15-31(2)19-29(28,34)13-12-25(18-28)30-27(33)23-11-10-21-6-3-4-7-22(21)16-23/h3-11,16-17,25,34H,12-15,18-19H2,1-2H3,(H,30,33)/t25-,28+,29+/m1/s1. The summed E-state index contributed by atoms with van der Waals surface area (Å²) in [5.41, 5.74) is 0.115. The van der Waals surface area contributed by atoms with Crippen molar-refractivity contribution in [3.05, 3.63) is 77.9 Å². The number of rotatable bonds is 4. The maximum Gasteiger partial charge on any atom is 0.308 e. The monoisotopic (exact) mass is 472 g/mol. The van der Waals surface area contributed by atoms with Crippen LogP contribution < -0.4 is 10.1 Å². The number of carbonyl (C=O) groups is 2. The van der Waals surface area contributed by atoms with Crippen molar-refractivity contribution in [2.45, 2.75) is 49.7 Å². The van der Waals surface area contributed by atoms with Gasteiger partial charge in [0.15, 0.2) is 0 Å². The second-order valence-electron chi connectivity index (χ2n) is 10.2. The second-order valence-corrected chi connectivity index (χ2v) is 10.2. The molecule has 3 aromatic carbocycles. The summed E-state index contributed by atoms with van der Waals surface area (Å²) in [7, 11) is 2.03. The van der Waals surface area contributed by atoms with Crippen LogP contribution in [-0.2, 0) is 10.2 Å². The van der Waals surface area contributed by atoms with Gasteiger partial charge < -0.3 is 20.1 Å². The van der Waals surface area contributed by atoms with Crippen LogP contribution in [0.5, 0.6) is 5.75 Å². The summed E-state index contributed by atoms with van der Waals surface area (Å²) in [5.74, 6) is 0.0124. The number of likely N-dealkylation sites (tertiary alicyclic amines) is 1. The molecule has 35 heavy (non-hydrogen) atoms. The third-order valence-corrected chi connectivity index (χ3v) is 7.84. The predicted octanol–water partition coefficient (Wildman–Crippen LogP) is 4.05. The Morgan fingerprint density at radius 2 is 1.83 bits per heavy atom. The summed E-state index contributed by atoms with van der Waals surface area (Å²) in [4.78, 5) is 26.9. The van der Waals surface area contributed by atoms with Crippen molar-refractivity contribution in [1.29, 1.82) is 0 Å². The molecule has 2 fully saturated rings. The molecule has 2 N–H and O–H groups in total. The summed E-state index contributed by atoms with van der Waals surface area (Å²) in [6.07, 6.45) is 2.67. The molecule has 0 unspecified atom stereocenters. The smallest absolute Gasteiger partial charge is 0.308 e. The van der Waals surface area contributed by atoms with Gasteiger partial charge in [-0.25, -0.2) is 0 Å². The molecule has 1 saturated heterocycles. The number of nitrogens with zero attached hydrogens (tertiary/aromatic N) is 1. The Hall–Kier alpha value is -3.22. The largest absolute Gasteiger partial charge is 0.427 e. The van der Waals surface area contributed by atoms with Gasteiger partial charge in [-0.05, 0) is 79.9 Å². The Morgan fingerprint density at radius 1 is 1.03 bits per heavy atom. The Balaban J connectivity index is 1.44. The van der Waals surface area contributed by atoms with E-state index in [-0.39, 0.29) is 17.9 Å². The van der Waals surface area contributed by atoms with E-state index >= 15 is 0 Å². The molecule has 0 radical (unpaired) electrons. The van der Waals surface area contributed by atoms with Crippen LogP contribution >= 0.6 is 0 Å². The van der Waals surface area contributed by atoms with Crippen molar-refractivity contribution in [3.63, 3.8) is 0 Å². The number of likely N-dealkylation sites (N-methyl/N-ethyl adjacent to an activating group) is 1. The van der Waals surface area contributed by atoms with Crippen LogP contribution in [0.15, 0.2) is 66.7 Å². The number of nitrogens with one attached hydrogen (secondary N) is 1. The highest BCUT2D eigenvalue weighted by atomic mass is 16.5. The van der Waals surface area contributed by atoms with Gasteiger partial charge in [-0.15, -0.1) is 0 Å². The first-order valence-electron chi connectivity index (χ1n) is 12.3. The van der Waals surface area contributed by atoms with Gasteiger partial charge in [0.05, 0.1) is 5.60 Å². The SMILES string of the molecule is CC(=O)Oc1cccc([C@@]23CCN(C)C[C@@]2(O)CC[C@@H](NC(=O)c2ccc4ccccc4c2)C3)c1. The topological polar surface area (TPSA) is 78.9 Å². The Bertz CT molecular complexity index is 1270. The van der Waals surface area contributed by atoms with E-state index in [0.29, 0.717) is 37.1 Å². The van der Waals surface area contributed by atoms with E-state index in [9.17, 15) is 14.7 Å². The van der Waals surface area contributed by atoms with E-state index in [1.807, 2.05) is 67.7 Å². The lowest BCUT2D eigenvalue weighted by Crippen LogP contribution is -2.66. The summed E-state index contributed by atoms with van der Waals surface area (Å²) < 4.78 is 5.36. The molecule has 3 aromatic rings. The number of β-amino-alcohol motifs (C(OH)–C–C–N with tert-alkyl or cyclic N) is 1. The van der Waals surface area contributed by atoms with Gasteiger partial charge in [0, 0.05) is 30.5 Å². The molecule has 3 atom stereocenters. The van der Waals surface area contributed by atoms with Crippen LogP contribution in [0, 0.1) is 0 Å². The van der Waals surface area contributed by atoms with E-state index in [1.54, 1.807) is 6.07 Å². The maximum atomic E-state index is 13.2. The van der Waals surface area contributed by atoms with E-state index in [4.69, 9.17) is 4.74 Å².